The van der Waals surface area contributed by atoms with E-state index in [-0.39, 0.29) is 0 Å². The Kier molecular flexibility index (Phi) is 8.49. The van der Waals surface area contributed by atoms with Crippen LogP contribution in [0.5, 0.6) is 0 Å². The zero-order valence-electron chi connectivity index (χ0n) is 22.6. The Hall–Kier alpha value is -3.16. The number of hydrogen-bond acceptors (Lipinski definition) is 6. The Morgan fingerprint density at radius 1 is 0.500 bits per heavy atom. The molecule has 0 unspecified atom stereocenters. The minimum absolute atomic E-state index is 0.661. The lowest BCUT2D eigenvalue weighted by Crippen LogP contribution is -2.46. The summed E-state index contributed by atoms with van der Waals surface area (Å²) in [6.07, 6.45) is 7.48. The van der Waals surface area contributed by atoms with Crippen molar-refractivity contribution in [1.29, 1.82) is 0 Å². The van der Waals surface area contributed by atoms with E-state index in [9.17, 15) is 0 Å². The van der Waals surface area contributed by atoms with Gasteiger partial charge in [0, 0.05) is 112 Å². The number of hydrogen-bond donors (Lipinski definition) is 0. The van der Waals surface area contributed by atoms with Gasteiger partial charge in [-0.25, -0.2) is 0 Å². The van der Waals surface area contributed by atoms with Crippen molar-refractivity contribution in [2.24, 2.45) is 0 Å². The Balaban J connectivity index is 1.17. The first-order valence-electron chi connectivity index (χ1n) is 13.9. The van der Waals surface area contributed by atoms with Crippen molar-refractivity contribution in [3.63, 3.8) is 0 Å². The second kappa shape index (κ2) is 12.6. The molecule has 0 amide bonds. The van der Waals surface area contributed by atoms with Gasteiger partial charge in [0.25, 0.3) is 0 Å². The number of pyridine rings is 2. The van der Waals surface area contributed by atoms with Crippen LogP contribution in [0, 0.1) is 0 Å². The lowest BCUT2D eigenvalue weighted by Gasteiger charge is -2.37. The predicted molar refractivity (Wildman–Crippen MR) is 165 cm³/mol. The molecule has 2 aromatic carbocycles. The molecule has 4 heterocycles. The summed E-state index contributed by atoms with van der Waals surface area (Å²) < 4.78 is 0. The van der Waals surface area contributed by atoms with Gasteiger partial charge in [0.05, 0.1) is 0 Å². The van der Waals surface area contributed by atoms with Crippen LogP contribution in [0.4, 0.5) is 11.4 Å². The van der Waals surface area contributed by atoms with Gasteiger partial charge in [0.2, 0.25) is 0 Å². The van der Waals surface area contributed by atoms with E-state index < -0.39 is 0 Å². The molecule has 2 aromatic heterocycles. The SMILES string of the molecule is Clc1cc(Cl)cc(-c2cc(CN3CCN(c4ccncc4)CC3)cc(CN3CCN(c4ccncc4)CC3)c2)c1. The van der Waals surface area contributed by atoms with E-state index >= 15 is 0 Å². The number of anilines is 2. The molecule has 206 valence electrons. The van der Waals surface area contributed by atoms with E-state index in [2.05, 4.69) is 72.0 Å². The fourth-order valence-electron chi connectivity index (χ4n) is 5.79. The Morgan fingerprint density at radius 2 is 0.900 bits per heavy atom. The van der Waals surface area contributed by atoms with Gasteiger partial charge >= 0.3 is 0 Å². The summed E-state index contributed by atoms with van der Waals surface area (Å²) >= 11 is 12.8. The summed E-state index contributed by atoms with van der Waals surface area (Å²) in [5.41, 5.74) is 7.39. The first kappa shape index (κ1) is 27.0. The van der Waals surface area contributed by atoms with Crippen LogP contribution in [-0.4, -0.2) is 72.1 Å². The molecule has 6 nitrogen and oxygen atoms in total. The number of aromatic nitrogens is 2. The van der Waals surface area contributed by atoms with Crippen molar-refractivity contribution in [3.8, 4) is 11.1 Å². The van der Waals surface area contributed by atoms with E-state index in [1.807, 2.05) is 36.9 Å². The molecule has 0 atom stereocenters. The van der Waals surface area contributed by atoms with E-state index in [4.69, 9.17) is 23.2 Å². The summed E-state index contributed by atoms with van der Waals surface area (Å²) in [6.45, 7) is 10.0. The number of nitrogens with zero attached hydrogens (tertiary/aromatic N) is 6. The largest absolute Gasteiger partial charge is 0.369 e. The summed E-state index contributed by atoms with van der Waals surface area (Å²) in [5, 5.41) is 1.32. The first-order chi connectivity index (χ1) is 19.6. The smallest absolute Gasteiger partial charge is 0.0426 e. The maximum absolute atomic E-state index is 6.40. The molecule has 8 heteroatoms. The third-order valence-electron chi connectivity index (χ3n) is 7.86. The Labute approximate surface area is 246 Å². The van der Waals surface area contributed by atoms with E-state index in [0.29, 0.717) is 10.0 Å². The third-order valence-corrected chi connectivity index (χ3v) is 8.30. The van der Waals surface area contributed by atoms with Crippen molar-refractivity contribution in [2.45, 2.75) is 13.1 Å². The predicted octanol–water partition coefficient (Wildman–Crippen LogP) is 6.09. The molecule has 2 aliphatic heterocycles. The highest BCUT2D eigenvalue weighted by Crippen LogP contribution is 2.30. The Morgan fingerprint density at radius 3 is 1.32 bits per heavy atom. The zero-order valence-corrected chi connectivity index (χ0v) is 24.1. The van der Waals surface area contributed by atoms with Gasteiger partial charge < -0.3 is 9.80 Å². The molecular weight excluding hydrogens is 539 g/mol. The molecule has 0 aliphatic carbocycles. The molecule has 0 N–H and O–H groups in total. The van der Waals surface area contributed by atoms with Crippen LogP contribution in [0.15, 0.2) is 85.5 Å². The summed E-state index contributed by atoms with van der Waals surface area (Å²) in [7, 11) is 0. The molecule has 2 saturated heterocycles. The standard InChI is InChI=1S/C32H34Cl2N6/c33-29-20-28(21-30(34)22-29)27-18-25(23-37-9-13-39(14-10-37)31-1-5-35-6-2-31)17-26(19-27)24-38-11-15-40(16-12-38)32-3-7-36-8-4-32/h1-8,17-22H,9-16,23-24H2. The molecule has 0 bridgehead atoms. The van der Waals surface area contributed by atoms with Crippen LogP contribution in [0.3, 0.4) is 0 Å². The van der Waals surface area contributed by atoms with Crippen LogP contribution in [0.2, 0.25) is 10.0 Å². The summed E-state index contributed by atoms with van der Waals surface area (Å²) in [4.78, 5) is 18.3. The minimum Gasteiger partial charge on any atom is -0.369 e. The lowest BCUT2D eigenvalue weighted by atomic mass is 9.98. The van der Waals surface area contributed by atoms with E-state index in [1.54, 1.807) is 6.07 Å². The molecule has 40 heavy (non-hydrogen) atoms. The molecule has 6 rings (SSSR count). The molecule has 4 aromatic rings. The average Bonchev–Trinajstić information content (AvgIpc) is 2.98. The van der Waals surface area contributed by atoms with Crippen molar-refractivity contribution >= 4 is 34.6 Å². The molecule has 0 radical (unpaired) electrons. The maximum atomic E-state index is 6.40. The van der Waals surface area contributed by atoms with Gasteiger partial charge in [-0.1, -0.05) is 29.3 Å². The van der Waals surface area contributed by atoms with E-state index in [0.717, 1.165) is 71.0 Å². The molecular formula is C32H34Cl2N6. The van der Waals surface area contributed by atoms with Crippen molar-refractivity contribution in [2.75, 3.05) is 62.2 Å². The average molecular weight is 574 g/mol. The normalized spacial score (nSPS) is 16.9. The van der Waals surface area contributed by atoms with Gasteiger partial charge in [-0.2, -0.15) is 0 Å². The van der Waals surface area contributed by atoms with Crippen molar-refractivity contribution in [1.82, 2.24) is 19.8 Å². The lowest BCUT2D eigenvalue weighted by molar-refractivity contribution is 0.246. The van der Waals surface area contributed by atoms with Crippen molar-refractivity contribution in [3.05, 3.63) is 107 Å². The van der Waals surface area contributed by atoms with Crippen LogP contribution >= 0.6 is 23.2 Å². The second-order valence-electron chi connectivity index (χ2n) is 10.6. The van der Waals surface area contributed by atoms with Crippen LogP contribution < -0.4 is 9.80 Å². The minimum atomic E-state index is 0.661. The number of rotatable bonds is 7. The van der Waals surface area contributed by atoms with Gasteiger partial charge in [-0.15, -0.1) is 0 Å². The third kappa shape index (κ3) is 6.76. The monoisotopic (exact) mass is 572 g/mol. The molecule has 2 aliphatic rings. The van der Waals surface area contributed by atoms with Gasteiger partial charge in [-0.3, -0.25) is 19.8 Å². The number of piperazine rings is 2. The highest BCUT2D eigenvalue weighted by Gasteiger charge is 2.20. The summed E-state index contributed by atoms with van der Waals surface area (Å²) in [6, 6.07) is 21.2. The molecule has 0 spiro atoms. The molecule has 2 fully saturated rings. The highest BCUT2D eigenvalue weighted by molar-refractivity contribution is 6.35. The highest BCUT2D eigenvalue weighted by atomic mass is 35.5. The van der Waals surface area contributed by atoms with Crippen molar-refractivity contribution < 1.29 is 0 Å². The van der Waals surface area contributed by atoms with E-state index in [1.165, 1.54) is 28.1 Å². The number of benzene rings is 2. The zero-order chi connectivity index (χ0) is 27.3. The van der Waals surface area contributed by atoms with Gasteiger partial charge in [-0.05, 0) is 76.9 Å². The topological polar surface area (TPSA) is 38.7 Å². The van der Waals surface area contributed by atoms with Crippen LogP contribution in [0.1, 0.15) is 11.1 Å². The summed E-state index contributed by atoms with van der Waals surface area (Å²) in [5.74, 6) is 0. The second-order valence-corrected chi connectivity index (χ2v) is 11.5. The fourth-order valence-corrected chi connectivity index (χ4v) is 6.31. The van der Waals surface area contributed by atoms with Crippen LogP contribution in [0.25, 0.3) is 11.1 Å². The fraction of sp³-hybridized carbons (Fsp3) is 0.312. The van der Waals surface area contributed by atoms with Crippen LogP contribution in [-0.2, 0) is 13.1 Å². The molecule has 0 saturated carbocycles. The Bertz CT molecular complexity index is 1300. The van der Waals surface area contributed by atoms with Gasteiger partial charge in [0.15, 0.2) is 0 Å². The maximum Gasteiger partial charge on any atom is 0.0426 e. The van der Waals surface area contributed by atoms with Gasteiger partial charge in [0.1, 0.15) is 0 Å². The quantitative estimate of drug-likeness (QED) is 0.266. The number of halogens is 2. The first-order valence-corrected chi connectivity index (χ1v) is 14.7.